The molecule has 0 aromatic carbocycles. The SMILES string of the molecule is CCCCCCCCCCCC(=O)N(CC(C)O)C(=O)CCCCCCCCCCC. The Hall–Kier alpha value is -0.900. The first-order valence-electron chi connectivity index (χ1n) is 13.5. The molecule has 31 heavy (non-hydrogen) atoms. The summed E-state index contributed by atoms with van der Waals surface area (Å²) in [4.78, 5) is 26.5. The van der Waals surface area contributed by atoms with E-state index < -0.39 is 6.10 Å². The smallest absolute Gasteiger partial charge is 0.229 e. The van der Waals surface area contributed by atoms with Crippen molar-refractivity contribution in [2.45, 2.75) is 155 Å². The van der Waals surface area contributed by atoms with Gasteiger partial charge in [0, 0.05) is 12.8 Å². The zero-order valence-corrected chi connectivity index (χ0v) is 21.1. The van der Waals surface area contributed by atoms with Gasteiger partial charge in [0.1, 0.15) is 0 Å². The molecule has 0 aliphatic heterocycles. The molecule has 0 aliphatic rings. The molecule has 0 aliphatic carbocycles. The highest BCUT2D eigenvalue weighted by Gasteiger charge is 2.21. The van der Waals surface area contributed by atoms with Gasteiger partial charge in [-0.3, -0.25) is 14.5 Å². The van der Waals surface area contributed by atoms with Gasteiger partial charge in [-0.1, -0.05) is 117 Å². The molecule has 0 rings (SSSR count). The number of rotatable bonds is 22. The maximum absolute atomic E-state index is 12.6. The average molecular weight is 440 g/mol. The molecule has 2 amide bonds. The molecule has 1 N–H and O–H groups in total. The highest BCUT2D eigenvalue weighted by atomic mass is 16.3. The van der Waals surface area contributed by atoms with Crippen LogP contribution >= 0.6 is 0 Å². The third kappa shape index (κ3) is 19.5. The molecule has 0 heterocycles. The minimum atomic E-state index is -0.667. The number of hydrogen-bond donors (Lipinski definition) is 1. The van der Waals surface area contributed by atoms with E-state index in [0.717, 1.165) is 25.7 Å². The summed E-state index contributed by atoms with van der Waals surface area (Å²) >= 11 is 0. The van der Waals surface area contributed by atoms with Crippen molar-refractivity contribution in [3.63, 3.8) is 0 Å². The van der Waals surface area contributed by atoms with Crippen LogP contribution in [0.4, 0.5) is 0 Å². The third-order valence-corrected chi connectivity index (χ3v) is 6.04. The molecule has 0 bridgehead atoms. The first kappa shape index (κ1) is 30.1. The van der Waals surface area contributed by atoms with Gasteiger partial charge >= 0.3 is 0 Å². The Morgan fingerprint density at radius 3 is 1.16 bits per heavy atom. The molecular weight excluding hydrogens is 386 g/mol. The van der Waals surface area contributed by atoms with Gasteiger partial charge in [-0.15, -0.1) is 0 Å². The van der Waals surface area contributed by atoms with Gasteiger partial charge in [0.15, 0.2) is 0 Å². The fourth-order valence-corrected chi connectivity index (χ4v) is 4.05. The molecule has 0 saturated carbocycles. The van der Waals surface area contributed by atoms with Crippen LogP contribution < -0.4 is 0 Å². The highest BCUT2D eigenvalue weighted by molar-refractivity contribution is 5.95. The van der Waals surface area contributed by atoms with Crippen molar-refractivity contribution < 1.29 is 14.7 Å². The first-order chi connectivity index (χ1) is 15.0. The summed E-state index contributed by atoms with van der Waals surface area (Å²) in [5, 5.41) is 9.73. The van der Waals surface area contributed by atoms with Gasteiger partial charge in [0.05, 0.1) is 12.6 Å². The molecule has 0 aromatic heterocycles. The molecule has 1 unspecified atom stereocenters. The number of carbonyl (C=O) groups excluding carboxylic acids is 2. The third-order valence-electron chi connectivity index (χ3n) is 6.04. The van der Waals surface area contributed by atoms with Crippen molar-refractivity contribution in [2.75, 3.05) is 6.54 Å². The van der Waals surface area contributed by atoms with Crippen LogP contribution in [0.1, 0.15) is 149 Å². The molecule has 0 aromatic rings. The van der Waals surface area contributed by atoms with E-state index in [1.165, 1.54) is 94.8 Å². The molecule has 4 heteroatoms. The van der Waals surface area contributed by atoms with Crippen LogP contribution in [0.2, 0.25) is 0 Å². The van der Waals surface area contributed by atoms with E-state index in [1.54, 1.807) is 6.92 Å². The monoisotopic (exact) mass is 439 g/mol. The van der Waals surface area contributed by atoms with Gasteiger partial charge in [0.25, 0.3) is 0 Å². The number of nitrogens with zero attached hydrogens (tertiary/aromatic N) is 1. The van der Waals surface area contributed by atoms with E-state index in [0.29, 0.717) is 12.8 Å². The molecule has 0 spiro atoms. The molecule has 4 nitrogen and oxygen atoms in total. The Labute approximate surface area is 193 Å². The second kappa shape index (κ2) is 22.3. The lowest BCUT2D eigenvalue weighted by Gasteiger charge is -2.22. The number of aliphatic hydroxyl groups is 1. The summed E-state index contributed by atoms with van der Waals surface area (Å²) < 4.78 is 0. The van der Waals surface area contributed by atoms with Crippen molar-refractivity contribution in [1.82, 2.24) is 4.90 Å². The zero-order valence-electron chi connectivity index (χ0n) is 21.1. The normalized spacial score (nSPS) is 12.1. The van der Waals surface area contributed by atoms with Crippen LogP contribution in [0.25, 0.3) is 0 Å². The van der Waals surface area contributed by atoms with E-state index in [9.17, 15) is 14.7 Å². The van der Waals surface area contributed by atoms with Gasteiger partial charge < -0.3 is 5.11 Å². The molecule has 0 radical (unpaired) electrons. The maximum Gasteiger partial charge on any atom is 0.229 e. The van der Waals surface area contributed by atoms with Crippen LogP contribution in [0.3, 0.4) is 0 Å². The number of hydrogen-bond acceptors (Lipinski definition) is 3. The predicted octanol–water partition coefficient (Wildman–Crippen LogP) is 7.56. The van der Waals surface area contributed by atoms with Crippen LogP contribution in [0.5, 0.6) is 0 Å². The standard InChI is InChI=1S/C27H53NO3/c1-4-6-8-10-12-14-16-18-20-22-26(30)28(24-25(3)29)27(31)23-21-19-17-15-13-11-9-7-5-2/h25,29H,4-24H2,1-3H3. The summed E-state index contributed by atoms with van der Waals surface area (Å²) in [5.41, 5.74) is 0. The first-order valence-corrected chi connectivity index (χ1v) is 13.5. The van der Waals surface area contributed by atoms with E-state index in [1.807, 2.05) is 0 Å². The van der Waals surface area contributed by atoms with E-state index in [-0.39, 0.29) is 18.4 Å². The minimum absolute atomic E-state index is 0.107. The largest absolute Gasteiger partial charge is 0.392 e. The van der Waals surface area contributed by atoms with Crippen LogP contribution in [-0.2, 0) is 9.59 Å². The lowest BCUT2D eigenvalue weighted by Crippen LogP contribution is -2.41. The van der Waals surface area contributed by atoms with Gasteiger partial charge in [-0.05, 0) is 19.8 Å². The summed E-state index contributed by atoms with van der Waals surface area (Å²) in [6.45, 7) is 6.25. The fourth-order valence-electron chi connectivity index (χ4n) is 4.05. The number of unbranched alkanes of at least 4 members (excludes halogenated alkanes) is 16. The Balaban J connectivity index is 3.97. The lowest BCUT2D eigenvalue weighted by molar-refractivity contribution is -0.146. The Bertz CT molecular complexity index is 389. The maximum atomic E-state index is 12.6. The van der Waals surface area contributed by atoms with E-state index in [2.05, 4.69) is 13.8 Å². The van der Waals surface area contributed by atoms with E-state index >= 15 is 0 Å². The quantitative estimate of drug-likeness (QED) is 0.177. The van der Waals surface area contributed by atoms with Crippen molar-refractivity contribution in [3.05, 3.63) is 0 Å². The number of carbonyl (C=O) groups is 2. The van der Waals surface area contributed by atoms with Crippen molar-refractivity contribution >= 4 is 11.8 Å². The topological polar surface area (TPSA) is 57.6 Å². The molecule has 1 atom stereocenters. The molecule has 184 valence electrons. The van der Waals surface area contributed by atoms with Gasteiger partial charge in [0.2, 0.25) is 11.8 Å². The Kier molecular flexibility index (Phi) is 21.7. The molecule has 0 fully saturated rings. The summed E-state index contributed by atoms with van der Waals surface area (Å²) in [7, 11) is 0. The molecular formula is C27H53NO3. The summed E-state index contributed by atoms with van der Waals surface area (Å²) in [5.74, 6) is -0.213. The van der Waals surface area contributed by atoms with Crippen molar-refractivity contribution in [3.8, 4) is 0 Å². The Morgan fingerprint density at radius 2 is 0.871 bits per heavy atom. The average Bonchev–Trinajstić information content (AvgIpc) is 2.74. The number of imide groups is 1. The number of amides is 2. The fraction of sp³-hybridized carbons (Fsp3) is 0.926. The number of aliphatic hydroxyl groups excluding tert-OH is 1. The van der Waals surface area contributed by atoms with E-state index in [4.69, 9.17) is 0 Å². The summed E-state index contributed by atoms with van der Waals surface area (Å²) in [6.07, 6.45) is 21.9. The van der Waals surface area contributed by atoms with Crippen LogP contribution in [0.15, 0.2) is 0 Å². The predicted molar refractivity (Wildman–Crippen MR) is 132 cm³/mol. The minimum Gasteiger partial charge on any atom is -0.392 e. The van der Waals surface area contributed by atoms with Gasteiger partial charge in [-0.25, -0.2) is 0 Å². The zero-order chi connectivity index (χ0) is 23.2. The second-order valence-corrected chi connectivity index (χ2v) is 9.40. The summed E-state index contributed by atoms with van der Waals surface area (Å²) in [6, 6.07) is 0. The van der Waals surface area contributed by atoms with Crippen LogP contribution in [0, 0.1) is 0 Å². The van der Waals surface area contributed by atoms with Gasteiger partial charge in [-0.2, -0.15) is 0 Å². The molecule has 0 saturated heterocycles. The Morgan fingerprint density at radius 1 is 0.581 bits per heavy atom. The van der Waals surface area contributed by atoms with Crippen molar-refractivity contribution in [1.29, 1.82) is 0 Å². The van der Waals surface area contributed by atoms with Crippen LogP contribution in [-0.4, -0.2) is 34.5 Å². The highest BCUT2D eigenvalue weighted by Crippen LogP contribution is 2.14. The lowest BCUT2D eigenvalue weighted by atomic mass is 10.1. The van der Waals surface area contributed by atoms with Crippen molar-refractivity contribution in [2.24, 2.45) is 0 Å². The second-order valence-electron chi connectivity index (χ2n) is 9.40.